The molecule has 0 aromatic heterocycles. The van der Waals surface area contributed by atoms with Gasteiger partial charge in [-0.15, -0.1) is 0 Å². The number of fused-ring (bicyclic) bond motifs is 1. The third-order valence-electron chi connectivity index (χ3n) is 3.07. The number of rotatable bonds is 2. The summed E-state index contributed by atoms with van der Waals surface area (Å²) in [4.78, 5) is 23.2. The Labute approximate surface area is 88.7 Å². The van der Waals surface area contributed by atoms with Gasteiger partial charge in [0.15, 0.2) is 0 Å². The Bertz CT molecular complexity index is 311. The number of hydrogen-bond acceptors (Lipinski definition) is 3. The van der Waals surface area contributed by atoms with Crippen LogP contribution in [0.1, 0.15) is 13.3 Å². The Morgan fingerprint density at radius 1 is 1.67 bits per heavy atom. The molecule has 82 valence electrons. The molecule has 1 heterocycles. The summed E-state index contributed by atoms with van der Waals surface area (Å²) in [6, 6.07) is 0. The van der Waals surface area contributed by atoms with Crippen LogP contribution in [0.15, 0.2) is 12.2 Å². The number of carbonyl (C=O) groups excluding carboxylic acids is 2. The summed E-state index contributed by atoms with van der Waals surface area (Å²) in [5.74, 6) is -0.589. The van der Waals surface area contributed by atoms with Crippen LogP contribution in [0.4, 0.5) is 0 Å². The van der Waals surface area contributed by atoms with Crippen LogP contribution in [0, 0.1) is 17.8 Å². The van der Waals surface area contributed by atoms with Gasteiger partial charge >= 0.3 is 5.97 Å². The zero-order valence-corrected chi connectivity index (χ0v) is 8.73. The van der Waals surface area contributed by atoms with Crippen molar-refractivity contribution >= 4 is 11.9 Å². The molecule has 3 unspecified atom stereocenters. The maximum absolute atomic E-state index is 11.7. The summed E-state index contributed by atoms with van der Waals surface area (Å²) in [6.45, 7) is 2.80. The van der Waals surface area contributed by atoms with Crippen molar-refractivity contribution in [1.82, 2.24) is 5.32 Å². The highest BCUT2D eigenvalue weighted by molar-refractivity contribution is 5.88. The second-order valence-corrected chi connectivity index (χ2v) is 3.96. The molecule has 4 heteroatoms. The van der Waals surface area contributed by atoms with E-state index in [0.717, 1.165) is 0 Å². The highest BCUT2D eigenvalue weighted by Gasteiger charge is 2.44. The van der Waals surface area contributed by atoms with Gasteiger partial charge in [0, 0.05) is 12.5 Å². The van der Waals surface area contributed by atoms with Crippen molar-refractivity contribution < 1.29 is 14.3 Å². The first-order valence-corrected chi connectivity index (χ1v) is 5.35. The molecule has 3 atom stereocenters. The second-order valence-electron chi connectivity index (χ2n) is 3.96. The van der Waals surface area contributed by atoms with Crippen LogP contribution in [0.3, 0.4) is 0 Å². The summed E-state index contributed by atoms with van der Waals surface area (Å²) in [7, 11) is 0. The smallest absolute Gasteiger partial charge is 0.310 e. The minimum absolute atomic E-state index is 0.0117. The lowest BCUT2D eigenvalue weighted by molar-refractivity contribution is -0.152. The maximum atomic E-state index is 11.7. The highest BCUT2D eigenvalue weighted by atomic mass is 16.5. The van der Waals surface area contributed by atoms with Gasteiger partial charge < -0.3 is 10.1 Å². The minimum Gasteiger partial charge on any atom is -0.466 e. The fraction of sp³-hybridized carbons (Fsp3) is 0.636. The molecule has 1 saturated heterocycles. The topological polar surface area (TPSA) is 55.4 Å². The van der Waals surface area contributed by atoms with Crippen molar-refractivity contribution in [2.24, 2.45) is 17.8 Å². The van der Waals surface area contributed by atoms with Gasteiger partial charge in [0.05, 0.1) is 18.4 Å². The van der Waals surface area contributed by atoms with Gasteiger partial charge in [-0.25, -0.2) is 0 Å². The average molecular weight is 209 g/mol. The molecule has 1 aliphatic heterocycles. The molecule has 1 fully saturated rings. The van der Waals surface area contributed by atoms with Gasteiger partial charge in [-0.05, 0) is 13.3 Å². The van der Waals surface area contributed by atoms with E-state index in [9.17, 15) is 9.59 Å². The van der Waals surface area contributed by atoms with Gasteiger partial charge in [-0.2, -0.15) is 0 Å². The van der Waals surface area contributed by atoms with Gasteiger partial charge in [0.1, 0.15) is 0 Å². The average Bonchev–Trinajstić information content (AvgIpc) is 2.61. The molecule has 1 N–H and O–H groups in total. The summed E-state index contributed by atoms with van der Waals surface area (Å²) in [5, 5.41) is 2.79. The van der Waals surface area contributed by atoms with Crippen LogP contribution in [-0.2, 0) is 14.3 Å². The second kappa shape index (κ2) is 4.04. The highest BCUT2D eigenvalue weighted by Crippen LogP contribution is 2.34. The molecule has 0 aromatic rings. The van der Waals surface area contributed by atoms with Crippen molar-refractivity contribution in [3.8, 4) is 0 Å². The molecular formula is C11H15NO3. The van der Waals surface area contributed by atoms with Crippen molar-refractivity contribution in [2.45, 2.75) is 13.3 Å². The molecule has 2 aliphatic rings. The standard InChI is InChI=1S/C11H15NO3/c1-2-15-11(14)8-5-3-4-7-6-12-10(13)9(7)8/h3-4,7-9H,2,5-6H2,1H3,(H,12,13). The quantitative estimate of drug-likeness (QED) is 0.532. The molecular weight excluding hydrogens is 194 g/mol. The van der Waals surface area contributed by atoms with E-state index < -0.39 is 0 Å². The van der Waals surface area contributed by atoms with Crippen molar-refractivity contribution in [1.29, 1.82) is 0 Å². The first-order valence-electron chi connectivity index (χ1n) is 5.35. The van der Waals surface area contributed by atoms with Crippen LogP contribution in [0.25, 0.3) is 0 Å². The normalized spacial score (nSPS) is 33.4. The third kappa shape index (κ3) is 1.76. The molecule has 4 nitrogen and oxygen atoms in total. The van der Waals surface area contributed by atoms with Crippen LogP contribution in [-0.4, -0.2) is 25.0 Å². The van der Waals surface area contributed by atoms with Crippen molar-refractivity contribution in [2.75, 3.05) is 13.2 Å². The Balaban J connectivity index is 2.15. The third-order valence-corrected chi connectivity index (χ3v) is 3.07. The lowest BCUT2D eigenvalue weighted by Gasteiger charge is -2.25. The van der Waals surface area contributed by atoms with Gasteiger partial charge in [-0.1, -0.05) is 12.2 Å². The summed E-state index contributed by atoms with van der Waals surface area (Å²) >= 11 is 0. The molecule has 0 spiro atoms. The van der Waals surface area contributed by atoms with Crippen LogP contribution in [0.5, 0.6) is 0 Å². The number of ether oxygens (including phenoxy) is 1. The van der Waals surface area contributed by atoms with E-state index in [0.29, 0.717) is 19.6 Å². The molecule has 0 bridgehead atoms. The summed E-state index contributed by atoms with van der Waals surface area (Å²) < 4.78 is 4.99. The number of esters is 1. The van der Waals surface area contributed by atoms with E-state index in [1.54, 1.807) is 6.92 Å². The maximum Gasteiger partial charge on any atom is 0.310 e. The van der Waals surface area contributed by atoms with Crippen molar-refractivity contribution in [3.63, 3.8) is 0 Å². The van der Waals surface area contributed by atoms with Gasteiger partial charge in [0.25, 0.3) is 0 Å². The number of allylic oxidation sites excluding steroid dienone is 1. The molecule has 15 heavy (non-hydrogen) atoms. The van der Waals surface area contributed by atoms with E-state index >= 15 is 0 Å². The Morgan fingerprint density at radius 3 is 3.20 bits per heavy atom. The molecule has 0 radical (unpaired) electrons. The van der Waals surface area contributed by atoms with Crippen LogP contribution < -0.4 is 5.32 Å². The Kier molecular flexibility index (Phi) is 2.75. The number of amides is 1. The molecule has 2 rings (SSSR count). The first kappa shape index (κ1) is 10.2. The van der Waals surface area contributed by atoms with E-state index in [2.05, 4.69) is 5.32 Å². The Morgan fingerprint density at radius 2 is 2.47 bits per heavy atom. The fourth-order valence-corrected chi connectivity index (χ4v) is 2.37. The number of carbonyl (C=O) groups is 2. The van der Waals surface area contributed by atoms with Crippen LogP contribution >= 0.6 is 0 Å². The molecule has 1 amide bonds. The molecule has 0 saturated carbocycles. The summed E-state index contributed by atoms with van der Waals surface area (Å²) in [5.41, 5.74) is 0. The number of nitrogens with one attached hydrogen (secondary N) is 1. The zero-order valence-electron chi connectivity index (χ0n) is 8.73. The van der Waals surface area contributed by atoms with E-state index in [4.69, 9.17) is 4.74 Å². The van der Waals surface area contributed by atoms with E-state index in [1.165, 1.54) is 0 Å². The predicted octanol–water partition coefficient (Wildman–Crippen LogP) is 0.488. The SMILES string of the molecule is CCOC(=O)C1CC=CC2CNC(=O)C21. The lowest BCUT2D eigenvalue weighted by Crippen LogP contribution is -2.35. The largest absolute Gasteiger partial charge is 0.466 e. The Hall–Kier alpha value is -1.32. The monoisotopic (exact) mass is 209 g/mol. The molecule has 0 aromatic carbocycles. The number of hydrogen-bond donors (Lipinski definition) is 1. The van der Waals surface area contributed by atoms with Gasteiger partial charge in [0.2, 0.25) is 5.91 Å². The molecule has 1 aliphatic carbocycles. The first-order chi connectivity index (χ1) is 7.24. The van der Waals surface area contributed by atoms with E-state index in [-0.39, 0.29) is 29.6 Å². The summed E-state index contributed by atoms with van der Waals surface area (Å²) in [6.07, 6.45) is 4.62. The minimum atomic E-state index is -0.289. The van der Waals surface area contributed by atoms with Crippen molar-refractivity contribution in [3.05, 3.63) is 12.2 Å². The zero-order chi connectivity index (χ0) is 10.8. The fourth-order valence-electron chi connectivity index (χ4n) is 2.37. The lowest BCUT2D eigenvalue weighted by atomic mass is 9.77. The van der Waals surface area contributed by atoms with E-state index in [1.807, 2.05) is 12.2 Å². The predicted molar refractivity (Wildman–Crippen MR) is 53.9 cm³/mol. The van der Waals surface area contributed by atoms with Gasteiger partial charge in [-0.3, -0.25) is 9.59 Å². The van der Waals surface area contributed by atoms with Crippen LogP contribution in [0.2, 0.25) is 0 Å².